The van der Waals surface area contributed by atoms with Gasteiger partial charge in [-0.2, -0.15) is 0 Å². The maximum absolute atomic E-state index is 4.07. The first-order valence-corrected chi connectivity index (χ1v) is 15.3. The molecule has 10 rings (SSSR count). The fourth-order valence-corrected chi connectivity index (χ4v) is 8.60. The van der Waals surface area contributed by atoms with Gasteiger partial charge in [0.15, 0.2) is 0 Å². The first-order valence-electron chi connectivity index (χ1n) is 15.3. The first kappa shape index (κ1) is 23.5. The minimum Gasteiger partial charge on any atom is -0.372 e. The summed E-state index contributed by atoms with van der Waals surface area (Å²) in [4.78, 5) is 2.49. The number of benzene rings is 6. The lowest BCUT2D eigenvalue weighted by atomic mass is 9.82. The molecule has 0 saturated heterocycles. The quantitative estimate of drug-likeness (QED) is 0.218. The fraction of sp³-hybridized carbons (Fsp3) is 0.150. The van der Waals surface area contributed by atoms with E-state index >= 15 is 0 Å². The first-order chi connectivity index (χ1) is 21.0. The zero-order valence-corrected chi connectivity index (χ0v) is 24.5. The number of rotatable bonds is 1. The number of likely N-dealkylation sites (N-methyl/N-ethyl adjacent to an activating group) is 1. The van der Waals surface area contributed by atoms with Gasteiger partial charge in [0.25, 0.3) is 0 Å². The molecule has 3 heteroatoms. The molecule has 2 aliphatic heterocycles. The van der Waals surface area contributed by atoms with E-state index in [1.165, 1.54) is 82.9 Å². The van der Waals surface area contributed by atoms with Crippen molar-refractivity contribution in [3.05, 3.63) is 132 Å². The summed E-state index contributed by atoms with van der Waals surface area (Å²) in [5.74, 6) is 0. The smallest absolute Gasteiger partial charge is 0.131 e. The lowest BCUT2D eigenvalue weighted by Crippen LogP contribution is -2.38. The number of aromatic nitrogens is 1. The molecule has 2 atom stereocenters. The van der Waals surface area contributed by atoms with Crippen molar-refractivity contribution in [1.29, 1.82) is 0 Å². The molecule has 0 bridgehead atoms. The Balaban J connectivity index is 1.22. The van der Waals surface area contributed by atoms with Crippen molar-refractivity contribution < 1.29 is 0 Å². The van der Waals surface area contributed by atoms with Crippen LogP contribution >= 0.6 is 0 Å². The van der Waals surface area contributed by atoms with Crippen LogP contribution in [0.25, 0.3) is 54.8 Å². The van der Waals surface area contributed by atoms with Crippen molar-refractivity contribution >= 4 is 44.0 Å². The Kier molecular flexibility index (Phi) is 4.31. The summed E-state index contributed by atoms with van der Waals surface area (Å²) in [5, 5.41) is 9.28. The Morgan fingerprint density at radius 2 is 1.42 bits per heavy atom. The molecule has 0 radical (unpaired) electrons. The van der Waals surface area contributed by atoms with Gasteiger partial charge in [-0.3, -0.25) is 0 Å². The molecule has 43 heavy (non-hydrogen) atoms. The van der Waals surface area contributed by atoms with Gasteiger partial charge in [-0.15, -0.1) is 0 Å². The van der Waals surface area contributed by atoms with E-state index in [9.17, 15) is 0 Å². The molecule has 3 nitrogen and oxygen atoms in total. The van der Waals surface area contributed by atoms with Crippen LogP contribution < -0.4 is 10.2 Å². The van der Waals surface area contributed by atoms with Crippen LogP contribution in [-0.2, 0) is 5.41 Å². The Hall–Kier alpha value is -5.02. The number of para-hydroxylation sites is 1. The van der Waals surface area contributed by atoms with Crippen LogP contribution in [0, 0.1) is 0 Å². The largest absolute Gasteiger partial charge is 0.372 e. The summed E-state index contributed by atoms with van der Waals surface area (Å²) in [6.45, 7) is 4.71. The molecule has 2 unspecified atom stereocenters. The summed E-state index contributed by atoms with van der Waals surface area (Å²) in [6.07, 6.45) is 0.147. The van der Waals surface area contributed by atoms with Crippen LogP contribution in [0.2, 0.25) is 0 Å². The van der Waals surface area contributed by atoms with E-state index in [-0.39, 0.29) is 17.6 Å². The minimum absolute atomic E-state index is 0.00982. The summed E-state index contributed by atoms with van der Waals surface area (Å²) in [7, 11) is 2.26. The molecular formula is C40H31N3. The van der Waals surface area contributed by atoms with Gasteiger partial charge in [0.05, 0.1) is 28.5 Å². The van der Waals surface area contributed by atoms with E-state index < -0.39 is 0 Å². The molecule has 1 N–H and O–H groups in total. The van der Waals surface area contributed by atoms with Gasteiger partial charge in [-0.05, 0) is 69.1 Å². The predicted octanol–water partition coefficient (Wildman–Crippen LogP) is 10.0. The number of hydrogen-bond donors (Lipinski definition) is 1. The predicted molar refractivity (Wildman–Crippen MR) is 180 cm³/mol. The fourth-order valence-electron chi connectivity index (χ4n) is 8.60. The van der Waals surface area contributed by atoms with E-state index in [0.29, 0.717) is 0 Å². The zero-order valence-electron chi connectivity index (χ0n) is 24.5. The van der Waals surface area contributed by atoms with Gasteiger partial charge < -0.3 is 14.8 Å². The number of fused-ring (bicyclic) bond motifs is 12. The number of anilines is 2. The van der Waals surface area contributed by atoms with Crippen LogP contribution in [0.1, 0.15) is 42.7 Å². The molecular weight excluding hydrogens is 522 g/mol. The highest BCUT2D eigenvalue weighted by atomic mass is 15.4. The molecule has 3 heterocycles. The molecule has 0 saturated carbocycles. The Morgan fingerprint density at radius 1 is 0.651 bits per heavy atom. The average Bonchev–Trinajstić information content (AvgIpc) is 3.63. The average molecular weight is 554 g/mol. The van der Waals surface area contributed by atoms with Gasteiger partial charge >= 0.3 is 0 Å². The van der Waals surface area contributed by atoms with Gasteiger partial charge in [0.1, 0.15) is 6.17 Å². The van der Waals surface area contributed by atoms with E-state index in [2.05, 4.69) is 151 Å². The zero-order chi connectivity index (χ0) is 28.6. The Bertz CT molecular complexity index is 2340. The number of hydrogen-bond acceptors (Lipinski definition) is 2. The second kappa shape index (κ2) is 7.87. The topological polar surface area (TPSA) is 20.2 Å². The highest BCUT2D eigenvalue weighted by Crippen LogP contribution is 2.55. The molecule has 1 aliphatic carbocycles. The molecule has 3 aliphatic rings. The Labute approximate surface area is 251 Å². The third-order valence-corrected chi connectivity index (χ3v) is 10.6. The van der Waals surface area contributed by atoms with Gasteiger partial charge in [-0.1, -0.05) is 98.8 Å². The second-order valence-electron chi connectivity index (χ2n) is 13.1. The monoisotopic (exact) mass is 553 g/mol. The van der Waals surface area contributed by atoms with Gasteiger partial charge in [0.2, 0.25) is 0 Å². The molecule has 0 spiro atoms. The molecule has 6 aromatic carbocycles. The van der Waals surface area contributed by atoms with Gasteiger partial charge in [-0.25, -0.2) is 0 Å². The van der Waals surface area contributed by atoms with Crippen LogP contribution in [-0.4, -0.2) is 11.6 Å². The van der Waals surface area contributed by atoms with E-state index in [1.54, 1.807) is 0 Å². The lowest BCUT2D eigenvalue weighted by molar-refractivity contribution is 0.472. The van der Waals surface area contributed by atoms with Crippen molar-refractivity contribution in [2.45, 2.75) is 31.5 Å². The number of nitrogens with zero attached hydrogens (tertiary/aromatic N) is 2. The SMILES string of the molecule is CN1c2ccc3ccccc3c2NC2c3cc(-c4ccc5c(c4)-c4ccccc4C5(C)C)cc4c5ccccc5n(c34)C21. The summed E-state index contributed by atoms with van der Waals surface area (Å²) < 4.78 is 2.58. The second-order valence-corrected chi connectivity index (χ2v) is 13.1. The summed E-state index contributed by atoms with van der Waals surface area (Å²) in [5.41, 5.74) is 14.6. The van der Waals surface area contributed by atoms with Crippen LogP contribution in [0.5, 0.6) is 0 Å². The van der Waals surface area contributed by atoms with Gasteiger partial charge in [0, 0.05) is 34.2 Å². The normalized spacial score (nSPS) is 18.9. The van der Waals surface area contributed by atoms with Crippen molar-refractivity contribution in [3.8, 4) is 22.3 Å². The molecule has 1 aromatic heterocycles. The van der Waals surface area contributed by atoms with Crippen molar-refractivity contribution in [2.24, 2.45) is 0 Å². The van der Waals surface area contributed by atoms with Crippen molar-refractivity contribution in [3.63, 3.8) is 0 Å². The van der Waals surface area contributed by atoms with E-state index in [4.69, 9.17) is 0 Å². The van der Waals surface area contributed by atoms with Crippen LogP contribution in [0.4, 0.5) is 11.4 Å². The third-order valence-electron chi connectivity index (χ3n) is 10.6. The summed E-state index contributed by atoms with van der Waals surface area (Å²) >= 11 is 0. The standard InChI is InChI=1S/C40H31N3/c1-40(2)32-14-8-6-12-27(32)29-20-24(16-18-33(29)40)25-21-30-28-13-7-9-15-34(28)43-38(30)31(22-25)37-39(43)42(3)35-19-17-23-10-4-5-11-26(23)36(35)41-37/h4-22,37,39,41H,1-3H3. The molecule has 0 fully saturated rings. The van der Waals surface area contributed by atoms with E-state index in [0.717, 1.165) is 0 Å². The third kappa shape index (κ3) is 2.85. The lowest BCUT2D eigenvalue weighted by Gasteiger charge is -2.41. The van der Waals surface area contributed by atoms with Crippen LogP contribution in [0.3, 0.4) is 0 Å². The maximum Gasteiger partial charge on any atom is 0.131 e. The summed E-state index contributed by atoms with van der Waals surface area (Å²) in [6, 6.07) is 43.3. The van der Waals surface area contributed by atoms with Crippen LogP contribution in [0.15, 0.2) is 115 Å². The highest BCUT2D eigenvalue weighted by Gasteiger charge is 2.43. The van der Waals surface area contributed by atoms with Crippen molar-refractivity contribution in [1.82, 2.24) is 4.57 Å². The maximum atomic E-state index is 4.07. The Morgan fingerprint density at radius 3 is 2.33 bits per heavy atom. The highest BCUT2D eigenvalue weighted by molar-refractivity contribution is 6.12. The van der Waals surface area contributed by atoms with Crippen molar-refractivity contribution in [2.75, 3.05) is 17.3 Å². The number of nitrogens with one attached hydrogen (secondary N) is 1. The molecule has 206 valence electrons. The molecule has 0 amide bonds. The van der Waals surface area contributed by atoms with E-state index in [1.807, 2.05) is 0 Å². The molecule has 7 aromatic rings. The minimum atomic E-state index is 0.00982.